The molecule has 0 aliphatic rings. The Hall–Kier alpha value is -1.22. The fraction of sp³-hybridized carbons (Fsp3) is 0.600. The predicted octanol–water partition coefficient (Wildman–Crippen LogP) is 3.22. The van der Waals surface area contributed by atoms with Crippen LogP contribution >= 0.6 is 0 Å². The van der Waals surface area contributed by atoms with E-state index in [1.807, 2.05) is 6.07 Å². The third-order valence-corrected chi connectivity index (χ3v) is 3.25. The molecule has 0 aromatic heterocycles. The molecule has 0 bridgehead atoms. The Labute approximate surface area is 111 Å². The van der Waals surface area contributed by atoms with Crippen molar-refractivity contribution in [1.82, 2.24) is 0 Å². The molecule has 102 valence electrons. The van der Waals surface area contributed by atoms with E-state index in [0.717, 1.165) is 30.9 Å². The van der Waals surface area contributed by atoms with Crippen molar-refractivity contribution in [2.45, 2.75) is 33.1 Å². The van der Waals surface area contributed by atoms with E-state index in [4.69, 9.17) is 10.5 Å². The molecule has 1 aromatic carbocycles. The Morgan fingerprint density at radius 3 is 2.56 bits per heavy atom. The highest BCUT2D eigenvalue weighted by Crippen LogP contribution is 2.28. The normalized spacial score (nSPS) is 12.6. The van der Waals surface area contributed by atoms with Crippen molar-refractivity contribution in [2.24, 2.45) is 11.7 Å². The van der Waals surface area contributed by atoms with Gasteiger partial charge in [-0.25, -0.2) is 0 Å². The molecular formula is C15H26N2O. The Balaban J connectivity index is 2.69. The van der Waals surface area contributed by atoms with Gasteiger partial charge < -0.3 is 15.8 Å². The standard InChI is InChI=1S/C15H26N2O/c1-11(2)13-5-6-15(18-4)14(9-13)17-8-7-12(3)10-16/h5-6,9,11-12,17H,7-8,10,16H2,1-4H3. The summed E-state index contributed by atoms with van der Waals surface area (Å²) < 4.78 is 5.38. The highest BCUT2D eigenvalue weighted by atomic mass is 16.5. The van der Waals surface area contributed by atoms with Gasteiger partial charge in [0.2, 0.25) is 0 Å². The molecule has 0 heterocycles. The van der Waals surface area contributed by atoms with Gasteiger partial charge in [-0.15, -0.1) is 0 Å². The molecule has 3 heteroatoms. The maximum absolute atomic E-state index is 5.62. The topological polar surface area (TPSA) is 47.3 Å². The van der Waals surface area contributed by atoms with E-state index < -0.39 is 0 Å². The van der Waals surface area contributed by atoms with Crippen molar-refractivity contribution in [1.29, 1.82) is 0 Å². The van der Waals surface area contributed by atoms with Gasteiger partial charge >= 0.3 is 0 Å². The smallest absolute Gasteiger partial charge is 0.141 e. The lowest BCUT2D eigenvalue weighted by Crippen LogP contribution is -2.15. The summed E-state index contributed by atoms with van der Waals surface area (Å²) in [7, 11) is 1.71. The molecule has 1 atom stereocenters. The molecule has 1 rings (SSSR count). The van der Waals surface area contributed by atoms with E-state index in [1.54, 1.807) is 7.11 Å². The van der Waals surface area contributed by atoms with Gasteiger partial charge in [0.25, 0.3) is 0 Å². The van der Waals surface area contributed by atoms with Gasteiger partial charge in [0.15, 0.2) is 0 Å². The molecule has 0 saturated heterocycles. The summed E-state index contributed by atoms with van der Waals surface area (Å²) >= 11 is 0. The average molecular weight is 250 g/mol. The van der Waals surface area contributed by atoms with E-state index in [2.05, 4.69) is 38.2 Å². The van der Waals surface area contributed by atoms with Crippen LogP contribution in [0.1, 0.15) is 38.7 Å². The van der Waals surface area contributed by atoms with Crippen LogP contribution in [0.5, 0.6) is 5.75 Å². The van der Waals surface area contributed by atoms with Crippen LogP contribution in [-0.4, -0.2) is 20.2 Å². The van der Waals surface area contributed by atoms with Crippen molar-refractivity contribution in [3.05, 3.63) is 23.8 Å². The van der Waals surface area contributed by atoms with E-state index in [0.29, 0.717) is 11.8 Å². The van der Waals surface area contributed by atoms with Crippen LogP contribution in [0.25, 0.3) is 0 Å². The molecule has 3 N–H and O–H groups in total. The monoisotopic (exact) mass is 250 g/mol. The van der Waals surface area contributed by atoms with E-state index in [-0.39, 0.29) is 0 Å². The lowest BCUT2D eigenvalue weighted by molar-refractivity contribution is 0.416. The summed E-state index contributed by atoms with van der Waals surface area (Å²) in [6, 6.07) is 6.33. The number of anilines is 1. The molecule has 0 spiro atoms. The zero-order valence-corrected chi connectivity index (χ0v) is 12.0. The van der Waals surface area contributed by atoms with E-state index >= 15 is 0 Å². The lowest BCUT2D eigenvalue weighted by atomic mass is 10.0. The number of hydrogen-bond acceptors (Lipinski definition) is 3. The number of hydrogen-bond donors (Lipinski definition) is 2. The van der Waals surface area contributed by atoms with Gasteiger partial charge in [0.1, 0.15) is 5.75 Å². The quantitative estimate of drug-likeness (QED) is 0.781. The molecule has 18 heavy (non-hydrogen) atoms. The number of nitrogens with two attached hydrogens (primary N) is 1. The molecule has 0 radical (unpaired) electrons. The van der Waals surface area contributed by atoms with Gasteiger partial charge in [-0.05, 0) is 42.5 Å². The van der Waals surface area contributed by atoms with E-state index in [1.165, 1.54) is 5.56 Å². The first-order valence-electron chi connectivity index (χ1n) is 6.70. The summed E-state index contributed by atoms with van der Waals surface area (Å²) in [5.74, 6) is 1.98. The first-order valence-corrected chi connectivity index (χ1v) is 6.70. The predicted molar refractivity (Wildman–Crippen MR) is 78.4 cm³/mol. The maximum Gasteiger partial charge on any atom is 0.141 e. The number of ether oxygens (including phenoxy) is 1. The SMILES string of the molecule is COc1ccc(C(C)C)cc1NCCC(C)CN. The van der Waals surface area contributed by atoms with Gasteiger partial charge in [-0.3, -0.25) is 0 Å². The summed E-state index contributed by atoms with van der Waals surface area (Å²) in [5, 5.41) is 3.44. The van der Waals surface area contributed by atoms with Gasteiger partial charge in [0.05, 0.1) is 12.8 Å². The largest absolute Gasteiger partial charge is 0.495 e. The van der Waals surface area contributed by atoms with Crippen LogP contribution in [0.15, 0.2) is 18.2 Å². The van der Waals surface area contributed by atoms with Crippen molar-refractivity contribution >= 4 is 5.69 Å². The summed E-state index contributed by atoms with van der Waals surface area (Å²) in [6.45, 7) is 8.23. The second-order valence-corrected chi connectivity index (χ2v) is 5.17. The van der Waals surface area contributed by atoms with Gasteiger partial charge in [-0.2, -0.15) is 0 Å². The molecule has 0 saturated carbocycles. The zero-order valence-electron chi connectivity index (χ0n) is 12.0. The van der Waals surface area contributed by atoms with Gasteiger partial charge in [0, 0.05) is 6.54 Å². The first-order chi connectivity index (χ1) is 8.58. The summed E-state index contributed by atoms with van der Waals surface area (Å²) in [6.07, 6.45) is 1.07. The highest BCUT2D eigenvalue weighted by Gasteiger charge is 2.07. The molecular weight excluding hydrogens is 224 g/mol. The average Bonchev–Trinajstić information content (AvgIpc) is 2.38. The van der Waals surface area contributed by atoms with Crippen molar-refractivity contribution in [3.8, 4) is 5.75 Å². The minimum atomic E-state index is 0.527. The minimum absolute atomic E-state index is 0.527. The molecule has 1 unspecified atom stereocenters. The van der Waals surface area contributed by atoms with Crippen LogP contribution in [0.4, 0.5) is 5.69 Å². The lowest BCUT2D eigenvalue weighted by Gasteiger charge is -2.15. The number of methoxy groups -OCH3 is 1. The zero-order chi connectivity index (χ0) is 13.5. The summed E-state index contributed by atoms with van der Waals surface area (Å²) in [4.78, 5) is 0. The molecule has 1 aromatic rings. The molecule has 0 fully saturated rings. The second-order valence-electron chi connectivity index (χ2n) is 5.17. The van der Waals surface area contributed by atoms with Crippen molar-refractivity contribution in [3.63, 3.8) is 0 Å². The Morgan fingerprint density at radius 2 is 2.00 bits per heavy atom. The molecule has 0 amide bonds. The van der Waals surface area contributed by atoms with E-state index in [9.17, 15) is 0 Å². The third-order valence-electron chi connectivity index (χ3n) is 3.25. The number of rotatable bonds is 7. The van der Waals surface area contributed by atoms with Gasteiger partial charge in [-0.1, -0.05) is 26.8 Å². The molecule has 3 nitrogen and oxygen atoms in total. The molecule has 0 aliphatic heterocycles. The maximum atomic E-state index is 5.62. The summed E-state index contributed by atoms with van der Waals surface area (Å²) in [5.41, 5.74) is 8.02. The third kappa shape index (κ3) is 4.22. The number of benzene rings is 1. The highest BCUT2D eigenvalue weighted by molar-refractivity contribution is 5.58. The van der Waals surface area contributed by atoms with Crippen LogP contribution in [0.2, 0.25) is 0 Å². The van der Waals surface area contributed by atoms with Crippen molar-refractivity contribution < 1.29 is 4.74 Å². The van der Waals surface area contributed by atoms with Crippen LogP contribution in [-0.2, 0) is 0 Å². The first kappa shape index (κ1) is 14.8. The minimum Gasteiger partial charge on any atom is -0.495 e. The fourth-order valence-electron chi connectivity index (χ4n) is 1.79. The van der Waals surface area contributed by atoms with Crippen molar-refractivity contribution in [2.75, 3.05) is 25.5 Å². The molecule has 0 aliphatic carbocycles. The van der Waals surface area contributed by atoms with Crippen LogP contribution in [0, 0.1) is 5.92 Å². The Bertz CT molecular complexity index is 364. The van der Waals surface area contributed by atoms with Crippen LogP contribution in [0.3, 0.4) is 0 Å². The fourth-order valence-corrected chi connectivity index (χ4v) is 1.79. The number of nitrogens with one attached hydrogen (secondary N) is 1. The Kier molecular flexibility index (Phi) is 5.99. The Morgan fingerprint density at radius 1 is 1.28 bits per heavy atom. The second kappa shape index (κ2) is 7.27. The van der Waals surface area contributed by atoms with Crippen LogP contribution < -0.4 is 15.8 Å².